The highest BCUT2D eigenvalue weighted by molar-refractivity contribution is 5.55. The molecule has 1 unspecified atom stereocenters. The van der Waals surface area contributed by atoms with Crippen LogP contribution in [0.15, 0.2) is 53.7 Å². The summed E-state index contributed by atoms with van der Waals surface area (Å²) < 4.78 is 1.59. The zero-order chi connectivity index (χ0) is 22.1. The smallest absolute Gasteiger partial charge is 0.255 e. The summed E-state index contributed by atoms with van der Waals surface area (Å²) in [5.41, 5.74) is 3.40. The second kappa shape index (κ2) is 8.68. The van der Waals surface area contributed by atoms with E-state index >= 15 is 0 Å². The third kappa shape index (κ3) is 4.09. The molecule has 2 fully saturated rings. The molecule has 2 aliphatic heterocycles. The standard InChI is InChI=1S/C23H27N7O2/c1-28-22(32)12-20(19-6-8-24-15-26-19)27-23(28)30-11-9-25-21(14-30)16-2-4-17(5-3-16)29-10-7-18(31)13-29/h2-6,8,12,15,18,21,25,31H,7,9-11,13-14H2,1H3/t18?,21-/m1/s1. The highest BCUT2D eigenvalue weighted by atomic mass is 16.3. The summed E-state index contributed by atoms with van der Waals surface area (Å²) >= 11 is 0. The SMILES string of the molecule is Cn1c(N2CCN[C@@H](c3ccc(N4CCC(O)C4)cc3)C2)nc(-c2ccncn2)cc1=O. The Bertz CT molecular complexity index is 1130. The molecule has 32 heavy (non-hydrogen) atoms. The number of rotatable bonds is 4. The van der Waals surface area contributed by atoms with Gasteiger partial charge in [-0.15, -0.1) is 0 Å². The quantitative estimate of drug-likeness (QED) is 0.628. The lowest BCUT2D eigenvalue weighted by molar-refractivity contribution is 0.198. The van der Waals surface area contributed by atoms with E-state index in [9.17, 15) is 9.90 Å². The van der Waals surface area contributed by atoms with E-state index in [1.54, 1.807) is 23.9 Å². The number of aliphatic hydroxyl groups is 1. The van der Waals surface area contributed by atoms with Crippen LogP contribution < -0.4 is 20.7 Å². The van der Waals surface area contributed by atoms with Crippen molar-refractivity contribution in [3.8, 4) is 11.4 Å². The van der Waals surface area contributed by atoms with Gasteiger partial charge >= 0.3 is 0 Å². The molecule has 0 aliphatic carbocycles. The molecule has 9 heteroatoms. The minimum atomic E-state index is -0.236. The lowest BCUT2D eigenvalue weighted by atomic mass is 10.0. The van der Waals surface area contributed by atoms with Gasteiger partial charge in [0.05, 0.1) is 17.5 Å². The highest BCUT2D eigenvalue weighted by Crippen LogP contribution is 2.26. The lowest BCUT2D eigenvalue weighted by Crippen LogP contribution is -2.47. The van der Waals surface area contributed by atoms with E-state index in [1.807, 2.05) is 0 Å². The predicted octanol–water partition coefficient (Wildman–Crippen LogP) is 0.959. The van der Waals surface area contributed by atoms with Crippen LogP contribution in [0.1, 0.15) is 18.0 Å². The molecule has 3 aromatic rings. The van der Waals surface area contributed by atoms with Crippen molar-refractivity contribution in [3.05, 3.63) is 64.8 Å². The summed E-state index contributed by atoms with van der Waals surface area (Å²) in [4.78, 5) is 30.0. The lowest BCUT2D eigenvalue weighted by Gasteiger charge is -2.35. The van der Waals surface area contributed by atoms with Crippen LogP contribution in [0.5, 0.6) is 0 Å². The predicted molar refractivity (Wildman–Crippen MR) is 123 cm³/mol. The molecule has 1 aromatic carbocycles. The first-order chi connectivity index (χ1) is 15.6. The fourth-order valence-electron chi connectivity index (χ4n) is 4.43. The number of piperazine rings is 1. The summed E-state index contributed by atoms with van der Waals surface area (Å²) in [6, 6.07) is 11.9. The molecule has 2 N–H and O–H groups in total. The molecule has 0 radical (unpaired) electrons. The molecule has 166 valence electrons. The highest BCUT2D eigenvalue weighted by Gasteiger charge is 2.25. The fraction of sp³-hybridized carbons (Fsp3) is 0.391. The van der Waals surface area contributed by atoms with Crippen LogP contribution in [0.25, 0.3) is 11.4 Å². The summed E-state index contributed by atoms with van der Waals surface area (Å²) in [7, 11) is 1.75. The Balaban J connectivity index is 1.37. The molecular weight excluding hydrogens is 406 g/mol. The Morgan fingerprint density at radius 3 is 2.62 bits per heavy atom. The molecule has 0 bridgehead atoms. The number of aromatic nitrogens is 4. The van der Waals surface area contributed by atoms with E-state index in [1.165, 1.54) is 18.0 Å². The number of β-amino-alcohol motifs (C(OH)–C–C–N with tert-alkyl or cyclic N) is 1. The fourth-order valence-corrected chi connectivity index (χ4v) is 4.43. The van der Waals surface area contributed by atoms with Gasteiger partial charge in [0.25, 0.3) is 5.56 Å². The van der Waals surface area contributed by atoms with Crippen LogP contribution >= 0.6 is 0 Å². The van der Waals surface area contributed by atoms with Crippen molar-refractivity contribution in [3.63, 3.8) is 0 Å². The zero-order valence-electron chi connectivity index (χ0n) is 18.1. The first kappa shape index (κ1) is 20.6. The molecule has 2 aromatic heterocycles. The minimum absolute atomic E-state index is 0.115. The molecule has 0 saturated carbocycles. The van der Waals surface area contributed by atoms with Gasteiger partial charge in [-0.1, -0.05) is 12.1 Å². The number of anilines is 2. The molecule has 2 aliphatic rings. The van der Waals surface area contributed by atoms with Gasteiger partial charge in [0.2, 0.25) is 5.95 Å². The average Bonchev–Trinajstić information content (AvgIpc) is 3.28. The van der Waals surface area contributed by atoms with Gasteiger partial charge in [-0.25, -0.2) is 15.0 Å². The topological polar surface area (TPSA) is 99.4 Å². The van der Waals surface area contributed by atoms with Crippen molar-refractivity contribution in [2.45, 2.75) is 18.6 Å². The van der Waals surface area contributed by atoms with E-state index < -0.39 is 0 Å². The van der Waals surface area contributed by atoms with Crippen LogP contribution in [0.3, 0.4) is 0 Å². The normalized spacial score (nSPS) is 21.2. The molecule has 0 spiro atoms. The van der Waals surface area contributed by atoms with Gasteiger partial charge in [0.15, 0.2) is 0 Å². The van der Waals surface area contributed by atoms with E-state index in [0.29, 0.717) is 30.4 Å². The Morgan fingerprint density at radius 2 is 1.91 bits per heavy atom. The van der Waals surface area contributed by atoms with E-state index in [2.05, 4.69) is 49.4 Å². The van der Waals surface area contributed by atoms with Crippen molar-refractivity contribution in [1.29, 1.82) is 0 Å². The summed E-state index contributed by atoms with van der Waals surface area (Å²) in [6.45, 7) is 3.83. The molecule has 0 amide bonds. The molecule has 2 atom stereocenters. The Labute approximate surface area is 186 Å². The van der Waals surface area contributed by atoms with Crippen LogP contribution in [-0.4, -0.2) is 63.5 Å². The number of nitrogens with one attached hydrogen (secondary N) is 1. The van der Waals surface area contributed by atoms with Gasteiger partial charge in [0, 0.05) is 63.8 Å². The van der Waals surface area contributed by atoms with Crippen LogP contribution in [-0.2, 0) is 7.05 Å². The van der Waals surface area contributed by atoms with Crippen LogP contribution in [0.4, 0.5) is 11.6 Å². The van der Waals surface area contributed by atoms with Crippen molar-refractivity contribution in [2.24, 2.45) is 7.05 Å². The van der Waals surface area contributed by atoms with Gasteiger partial charge in [-0.2, -0.15) is 0 Å². The first-order valence-corrected chi connectivity index (χ1v) is 10.9. The number of benzene rings is 1. The van der Waals surface area contributed by atoms with Crippen LogP contribution in [0, 0.1) is 0 Å². The Kier molecular flexibility index (Phi) is 5.59. The maximum absolute atomic E-state index is 12.6. The van der Waals surface area contributed by atoms with E-state index in [0.717, 1.165) is 31.7 Å². The van der Waals surface area contributed by atoms with Gasteiger partial charge in [-0.05, 0) is 30.2 Å². The molecule has 5 rings (SSSR count). The van der Waals surface area contributed by atoms with E-state index in [-0.39, 0.29) is 17.7 Å². The summed E-state index contributed by atoms with van der Waals surface area (Å²) in [5.74, 6) is 0.639. The summed E-state index contributed by atoms with van der Waals surface area (Å²) in [5, 5.41) is 13.4. The second-order valence-corrected chi connectivity index (χ2v) is 8.37. The number of hydrogen-bond acceptors (Lipinski definition) is 8. The molecule has 4 heterocycles. The van der Waals surface area contributed by atoms with Gasteiger partial charge < -0.3 is 20.2 Å². The maximum Gasteiger partial charge on any atom is 0.255 e. The largest absolute Gasteiger partial charge is 0.391 e. The first-order valence-electron chi connectivity index (χ1n) is 10.9. The van der Waals surface area contributed by atoms with Crippen molar-refractivity contribution in [1.82, 2.24) is 24.8 Å². The molecule has 2 saturated heterocycles. The third-order valence-corrected chi connectivity index (χ3v) is 6.24. The maximum atomic E-state index is 12.6. The second-order valence-electron chi connectivity index (χ2n) is 8.37. The Morgan fingerprint density at radius 1 is 1.06 bits per heavy atom. The monoisotopic (exact) mass is 433 g/mol. The van der Waals surface area contributed by atoms with Crippen molar-refractivity contribution < 1.29 is 5.11 Å². The third-order valence-electron chi connectivity index (χ3n) is 6.24. The average molecular weight is 434 g/mol. The number of nitrogens with zero attached hydrogens (tertiary/aromatic N) is 6. The molecule has 9 nitrogen and oxygen atoms in total. The molecular formula is C23H27N7O2. The Hall–Kier alpha value is -3.30. The van der Waals surface area contributed by atoms with Gasteiger partial charge in [0.1, 0.15) is 6.33 Å². The van der Waals surface area contributed by atoms with E-state index in [4.69, 9.17) is 4.98 Å². The minimum Gasteiger partial charge on any atom is -0.391 e. The van der Waals surface area contributed by atoms with Crippen LogP contribution in [0.2, 0.25) is 0 Å². The van der Waals surface area contributed by atoms with Crippen molar-refractivity contribution in [2.75, 3.05) is 42.5 Å². The zero-order valence-corrected chi connectivity index (χ0v) is 18.1. The number of hydrogen-bond donors (Lipinski definition) is 2. The summed E-state index contributed by atoms with van der Waals surface area (Å²) in [6.07, 6.45) is 3.69. The van der Waals surface area contributed by atoms with Crippen molar-refractivity contribution >= 4 is 11.6 Å². The number of aliphatic hydroxyl groups excluding tert-OH is 1. The van der Waals surface area contributed by atoms with Gasteiger partial charge in [-0.3, -0.25) is 9.36 Å².